The van der Waals surface area contributed by atoms with Gasteiger partial charge in [0.2, 0.25) is 0 Å². The zero-order chi connectivity index (χ0) is 9.68. The lowest BCUT2D eigenvalue weighted by Gasteiger charge is -2.03. The Hall–Kier alpha value is -1.26. The highest BCUT2D eigenvalue weighted by Gasteiger charge is 1.96. The number of rotatable bonds is 4. The average Bonchev–Trinajstić information content (AvgIpc) is 2.15. The third kappa shape index (κ3) is 4.11. The Morgan fingerprint density at radius 3 is 2.29 bits per heavy atom. The summed E-state index contributed by atoms with van der Waals surface area (Å²) in [5.41, 5.74) is 11.3. The summed E-state index contributed by atoms with van der Waals surface area (Å²) in [5, 5.41) is 0. The third-order valence-corrected chi connectivity index (χ3v) is 1.54. The molecule has 1 amide bonds. The summed E-state index contributed by atoms with van der Waals surface area (Å²) in [5.74, 6) is 0.138. The number of carbonyl (C=O) groups excluding carboxylic acids is 1. The molecule has 1 aromatic rings. The summed E-state index contributed by atoms with van der Waals surface area (Å²) in [7, 11) is 0. The Kier molecular flexibility index (Phi) is 5.67. The van der Waals surface area contributed by atoms with Crippen molar-refractivity contribution in [3.63, 3.8) is 0 Å². The molecular weight excluding hydrogens is 204 g/mol. The minimum absolute atomic E-state index is 0. The molecule has 78 valence electrons. The smallest absolute Gasteiger partial charge is 0.255 e. The highest BCUT2D eigenvalue weighted by molar-refractivity contribution is 5.85. The minimum Gasteiger partial charge on any atom is -0.484 e. The van der Waals surface area contributed by atoms with Crippen molar-refractivity contribution in [3.05, 3.63) is 29.8 Å². The van der Waals surface area contributed by atoms with Crippen LogP contribution >= 0.6 is 12.4 Å². The second-order valence-electron chi connectivity index (χ2n) is 2.60. The number of hydrogen-bond donors (Lipinski definition) is 2. The molecule has 0 fully saturated rings. The maximum Gasteiger partial charge on any atom is 0.255 e. The molecule has 0 spiro atoms. The van der Waals surface area contributed by atoms with Crippen LogP contribution in [0.3, 0.4) is 0 Å². The van der Waals surface area contributed by atoms with Gasteiger partial charge in [0.1, 0.15) is 5.75 Å². The number of carbonyl (C=O) groups is 1. The summed E-state index contributed by atoms with van der Waals surface area (Å²) in [6.07, 6.45) is 0. The molecule has 0 aliphatic carbocycles. The number of amides is 1. The summed E-state index contributed by atoms with van der Waals surface area (Å²) in [6.45, 7) is 0.401. The average molecular weight is 217 g/mol. The van der Waals surface area contributed by atoms with Crippen LogP contribution < -0.4 is 16.2 Å². The van der Waals surface area contributed by atoms with Gasteiger partial charge in [-0.15, -0.1) is 12.4 Å². The fourth-order valence-corrected chi connectivity index (χ4v) is 0.876. The van der Waals surface area contributed by atoms with Crippen LogP contribution in [0.4, 0.5) is 0 Å². The van der Waals surface area contributed by atoms with Crippen molar-refractivity contribution in [2.45, 2.75) is 6.54 Å². The van der Waals surface area contributed by atoms with E-state index in [1.54, 1.807) is 12.1 Å². The highest BCUT2D eigenvalue weighted by atomic mass is 35.5. The molecule has 4 nitrogen and oxygen atoms in total. The summed E-state index contributed by atoms with van der Waals surface area (Å²) in [4.78, 5) is 10.4. The predicted molar refractivity (Wildman–Crippen MR) is 56.3 cm³/mol. The van der Waals surface area contributed by atoms with Gasteiger partial charge in [0, 0.05) is 6.54 Å². The molecule has 0 heterocycles. The van der Waals surface area contributed by atoms with Crippen molar-refractivity contribution in [2.75, 3.05) is 6.61 Å². The van der Waals surface area contributed by atoms with Crippen LogP contribution in [0.1, 0.15) is 5.56 Å². The first-order valence-electron chi connectivity index (χ1n) is 3.92. The van der Waals surface area contributed by atoms with Crippen molar-refractivity contribution in [2.24, 2.45) is 11.5 Å². The number of ether oxygens (including phenoxy) is 1. The van der Waals surface area contributed by atoms with E-state index in [1.807, 2.05) is 12.1 Å². The van der Waals surface area contributed by atoms with Crippen LogP contribution in [0, 0.1) is 0 Å². The first-order chi connectivity index (χ1) is 6.22. The first-order valence-corrected chi connectivity index (χ1v) is 3.92. The molecule has 0 aliphatic heterocycles. The summed E-state index contributed by atoms with van der Waals surface area (Å²) < 4.78 is 5.05. The van der Waals surface area contributed by atoms with E-state index in [-0.39, 0.29) is 19.0 Å². The third-order valence-electron chi connectivity index (χ3n) is 1.54. The van der Waals surface area contributed by atoms with E-state index in [2.05, 4.69) is 0 Å². The molecule has 4 N–H and O–H groups in total. The van der Waals surface area contributed by atoms with E-state index in [0.29, 0.717) is 12.3 Å². The maximum absolute atomic E-state index is 10.4. The molecule has 0 saturated carbocycles. The van der Waals surface area contributed by atoms with Crippen molar-refractivity contribution in [3.8, 4) is 5.75 Å². The van der Waals surface area contributed by atoms with Gasteiger partial charge in [-0.1, -0.05) is 12.1 Å². The fourth-order valence-electron chi connectivity index (χ4n) is 0.876. The minimum atomic E-state index is -0.483. The summed E-state index contributed by atoms with van der Waals surface area (Å²) in [6, 6.07) is 7.20. The molecule has 0 radical (unpaired) electrons. The Balaban J connectivity index is 0.00000169. The second-order valence-corrected chi connectivity index (χ2v) is 2.60. The second kappa shape index (κ2) is 6.23. The Labute approximate surface area is 88.6 Å². The van der Waals surface area contributed by atoms with E-state index in [0.717, 1.165) is 5.56 Å². The SMILES string of the molecule is Cl.NCc1ccc(OCC(N)=O)cc1. The first kappa shape index (κ1) is 12.7. The lowest BCUT2D eigenvalue weighted by Crippen LogP contribution is -2.19. The number of hydrogen-bond acceptors (Lipinski definition) is 3. The van der Waals surface area contributed by atoms with Gasteiger partial charge in [-0.25, -0.2) is 0 Å². The Morgan fingerprint density at radius 1 is 1.29 bits per heavy atom. The predicted octanol–water partition coefficient (Wildman–Crippen LogP) is 0.431. The van der Waals surface area contributed by atoms with E-state index in [1.165, 1.54) is 0 Å². The fraction of sp³-hybridized carbons (Fsp3) is 0.222. The normalized spacial score (nSPS) is 8.93. The standard InChI is InChI=1S/C9H12N2O2.ClH/c10-5-7-1-3-8(4-2-7)13-6-9(11)12;/h1-4H,5-6,10H2,(H2,11,12);1H. The Morgan fingerprint density at radius 2 is 1.86 bits per heavy atom. The van der Waals surface area contributed by atoms with Gasteiger partial charge in [-0.3, -0.25) is 4.79 Å². The molecule has 0 unspecified atom stereocenters. The summed E-state index contributed by atoms with van der Waals surface area (Å²) >= 11 is 0. The van der Waals surface area contributed by atoms with E-state index >= 15 is 0 Å². The van der Waals surface area contributed by atoms with Crippen molar-refractivity contribution in [1.82, 2.24) is 0 Å². The van der Waals surface area contributed by atoms with E-state index in [9.17, 15) is 4.79 Å². The van der Waals surface area contributed by atoms with E-state index < -0.39 is 5.91 Å². The van der Waals surface area contributed by atoms with Gasteiger partial charge in [-0.2, -0.15) is 0 Å². The van der Waals surface area contributed by atoms with Crippen molar-refractivity contribution in [1.29, 1.82) is 0 Å². The van der Waals surface area contributed by atoms with Crippen LogP contribution in [0.25, 0.3) is 0 Å². The number of benzene rings is 1. The maximum atomic E-state index is 10.4. The lowest BCUT2D eigenvalue weighted by atomic mass is 10.2. The molecule has 0 aromatic heterocycles. The molecule has 0 aliphatic rings. The zero-order valence-electron chi connectivity index (χ0n) is 7.60. The zero-order valence-corrected chi connectivity index (χ0v) is 8.42. The van der Waals surface area contributed by atoms with Gasteiger partial charge in [-0.05, 0) is 17.7 Å². The lowest BCUT2D eigenvalue weighted by molar-refractivity contribution is -0.119. The topological polar surface area (TPSA) is 78.3 Å². The van der Waals surface area contributed by atoms with Gasteiger partial charge in [0.05, 0.1) is 0 Å². The molecule has 5 heteroatoms. The highest BCUT2D eigenvalue weighted by Crippen LogP contribution is 2.11. The van der Waals surface area contributed by atoms with Crippen LogP contribution in [-0.2, 0) is 11.3 Å². The van der Waals surface area contributed by atoms with Crippen molar-refractivity contribution < 1.29 is 9.53 Å². The monoisotopic (exact) mass is 216 g/mol. The molecule has 14 heavy (non-hydrogen) atoms. The quantitative estimate of drug-likeness (QED) is 0.766. The van der Waals surface area contributed by atoms with Gasteiger partial charge in [0.15, 0.2) is 6.61 Å². The molecule has 0 atom stereocenters. The van der Waals surface area contributed by atoms with Crippen LogP contribution in [0.2, 0.25) is 0 Å². The molecular formula is C9H13ClN2O2. The van der Waals surface area contributed by atoms with Crippen molar-refractivity contribution >= 4 is 18.3 Å². The molecule has 1 aromatic carbocycles. The number of primary amides is 1. The largest absolute Gasteiger partial charge is 0.484 e. The van der Waals surface area contributed by atoms with Crippen LogP contribution in [0.5, 0.6) is 5.75 Å². The molecule has 1 rings (SSSR count). The number of halogens is 1. The number of nitrogens with two attached hydrogens (primary N) is 2. The van der Waals surface area contributed by atoms with Crippen LogP contribution in [-0.4, -0.2) is 12.5 Å². The molecule has 0 saturated heterocycles. The van der Waals surface area contributed by atoms with Crippen LogP contribution in [0.15, 0.2) is 24.3 Å². The van der Waals surface area contributed by atoms with Gasteiger partial charge < -0.3 is 16.2 Å². The Bertz CT molecular complexity index is 287. The van der Waals surface area contributed by atoms with Gasteiger partial charge >= 0.3 is 0 Å². The molecule has 0 bridgehead atoms. The van der Waals surface area contributed by atoms with Gasteiger partial charge in [0.25, 0.3) is 5.91 Å². The van der Waals surface area contributed by atoms with E-state index in [4.69, 9.17) is 16.2 Å².